The molecule has 4 saturated heterocycles. The molecule has 2 aromatic carbocycles. The van der Waals surface area contributed by atoms with Crippen LogP contribution in [0.4, 0.5) is 19.0 Å². The summed E-state index contributed by atoms with van der Waals surface area (Å²) in [6.45, 7) is 6.82. The summed E-state index contributed by atoms with van der Waals surface area (Å²) in [5.74, 6) is -5.01. The Morgan fingerprint density at radius 2 is 1.80 bits per heavy atom. The molecule has 4 aliphatic heterocycles. The average Bonchev–Trinajstić information content (AvgIpc) is 3.88. The van der Waals surface area contributed by atoms with E-state index in [1.807, 2.05) is 0 Å². The van der Waals surface area contributed by atoms with Crippen molar-refractivity contribution >= 4 is 53.1 Å². The van der Waals surface area contributed by atoms with Gasteiger partial charge in [0.1, 0.15) is 34.8 Å². The van der Waals surface area contributed by atoms with Gasteiger partial charge in [0.25, 0.3) is 0 Å². The first-order valence-corrected chi connectivity index (χ1v) is 20.6. The van der Waals surface area contributed by atoms with Crippen LogP contribution in [0.3, 0.4) is 0 Å². The van der Waals surface area contributed by atoms with Crippen LogP contribution in [-0.2, 0) is 18.8 Å². The number of methoxy groups -OCH3 is 1. The highest BCUT2D eigenvalue weighted by molar-refractivity contribution is 7.40. The molecular weight excluding hydrogens is 774 g/mol. The summed E-state index contributed by atoms with van der Waals surface area (Å²) in [7, 11) is -1.49. The van der Waals surface area contributed by atoms with E-state index >= 15 is 8.78 Å². The van der Waals surface area contributed by atoms with E-state index in [9.17, 15) is 13.8 Å². The molecule has 18 heteroatoms. The number of esters is 1. The smallest absolute Gasteiger partial charge is 0.465 e. The quantitative estimate of drug-likeness (QED) is 0.0662. The highest BCUT2D eigenvalue weighted by atomic mass is 35.5. The van der Waals surface area contributed by atoms with E-state index in [-0.39, 0.29) is 68.4 Å². The fraction of sp³-hybridized carbons (Fsp3) is 0.526. The predicted molar refractivity (Wildman–Crippen MR) is 204 cm³/mol. The number of aromatic nitrogens is 3. The Labute approximate surface area is 327 Å². The molecule has 13 nitrogen and oxygen atoms in total. The molecule has 56 heavy (non-hydrogen) atoms. The van der Waals surface area contributed by atoms with Crippen LogP contribution in [0.15, 0.2) is 24.3 Å². The Morgan fingerprint density at radius 3 is 2.50 bits per heavy atom. The van der Waals surface area contributed by atoms with Crippen molar-refractivity contribution in [2.75, 3.05) is 51.4 Å². The number of benzene rings is 2. The number of halogens is 4. The zero-order chi connectivity index (χ0) is 39.3. The standard InChI is InChI=1S/C38H43ClF3N7O6P/c1-4-53-35(50)20(2)43-37(52-3)56(51)55-24-15-21-7-10-26(40)29(41)27(21)25(16-24)31-30(42)32-28(33(39)45-31)34(48-17-22-8-9-23(18-48)44-22)47-36(46-32)54-19-38-11-5-13-49(38)14-6-12-38/h7,10,15-16,20,22-23,37,43-44H,4-6,8-9,11-14,17-19H2,1-3H3/q+1/t20-,22?,23?,37?/m0/s1. The lowest BCUT2D eigenvalue weighted by Gasteiger charge is -2.34. The van der Waals surface area contributed by atoms with Gasteiger partial charge in [0, 0.05) is 43.2 Å². The topological polar surface area (TPSA) is 140 Å². The average molecular weight is 817 g/mol. The van der Waals surface area contributed by atoms with Crippen molar-refractivity contribution in [2.24, 2.45) is 0 Å². The van der Waals surface area contributed by atoms with Crippen LogP contribution in [0.5, 0.6) is 11.8 Å². The number of anilines is 1. The molecule has 2 N–H and O–H groups in total. The van der Waals surface area contributed by atoms with Crippen molar-refractivity contribution in [3.05, 3.63) is 46.9 Å². The number of piperazine rings is 1. The third-order valence-corrected chi connectivity index (χ3v) is 12.8. The van der Waals surface area contributed by atoms with Gasteiger partial charge in [-0.2, -0.15) is 9.97 Å². The minimum atomic E-state index is -2.76. The molecule has 2 bridgehead atoms. The second-order valence-electron chi connectivity index (χ2n) is 14.9. The van der Waals surface area contributed by atoms with Crippen LogP contribution in [0.1, 0.15) is 52.4 Å². The molecule has 6 heterocycles. The predicted octanol–water partition coefficient (Wildman–Crippen LogP) is 6.46. The molecule has 0 amide bonds. The van der Waals surface area contributed by atoms with Gasteiger partial charge in [0.2, 0.25) is 0 Å². The van der Waals surface area contributed by atoms with E-state index in [1.165, 1.54) is 32.2 Å². The van der Waals surface area contributed by atoms with Crippen molar-refractivity contribution < 1.29 is 41.3 Å². The number of carbonyl (C=O) groups is 1. The normalized spacial score (nSPS) is 21.7. The zero-order valence-corrected chi connectivity index (χ0v) is 32.9. The highest BCUT2D eigenvalue weighted by Crippen LogP contribution is 2.44. The molecule has 5 atom stereocenters. The van der Waals surface area contributed by atoms with Crippen LogP contribution >= 0.6 is 19.6 Å². The van der Waals surface area contributed by atoms with Crippen molar-refractivity contribution in [3.63, 3.8) is 0 Å². The fourth-order valence-corrected chi connectivity index (χ4v) is 9.90. The summed E-state index contributed by atoms with van der Waals surface area (Å²) < 4.78 is 83.8. The lowest BCUT2D eigenvalue weighted by Crippen LogP contribution is -2.51. The van der Waals surface area contributed by atoms with Gasteiger partial charge in [0.15, 0.2) is 23.2 Å². The molecule has 298 valence electrons. The molecule has 0 aliphatic carbocycles. The minimum Gasteiger partial charge on any atom is -0.465 e. The van der Waals surface area contributed by atoms with Crippen LogP contribution in [0.2, 0.25) is 5.15 Å². The van der Waals surface area contributed by atoms with Gasteiger partial charge in [-0.3, -0.25) is 14.2 Å². The Balaban J connectivity index is 1.22. The number of rotatable bonds is 13. The first-order valence-electron chi connectivity index (χ1n) is 19.0. The number of nitrogens with zero attached hydrogens (tertiary/aromatic N) is 5. The third-order valence-electron chi connectivity index (χ3n) is 11.4. The van der Waals surface area contributed by atoms with E-state index in [0.29, 0.717) is 25.5 Å². The van der Waals surface area contributed by atoms with E-state index in [4.69, 9.17) is 35.3 Å². The van der Waals surface area contributed by atoms with Crippen molar-refractivity contribution in [1.82, 2.24) is 30.5 Å². The number of hydrogen-bond donors (Lipinski definition) is 2. The molecule has 4 aliphatic rings. The second kappa shape index (κ2) is 15.8. The maximum absolute atomic E-state index is 17.3. The van der Waals surface area contributed by atoms with E-state index in [1.54, 1.807) is 6.92 Å². The first kappa shape index (κ1) is 38.9. The molecule has 8 rings (SSSR count). The number of nitrogens with one attached hydrogen (secondary N) is 2. The SMILES string of the molecule is CCOC(=O)[C@H](C)NC(OC)[P+](=O)Oc1cc(-c2nc(Cl)c3c(N4CC5CCC(C4)N5)nc(OCC45CCCN4CCC5)nc3c2F)c2c(F)c(F)ccc2c1. The summed E-state index contributed by atoms with van der Waals surface area (Å²) in [6, 6.07) is 4.23. The van der Waals surface area contributed by atoms with Gasteiger partial charge >= 0.3 is 26.0 Å². The van der Waals surface area contributed by atoms with Crippen LogP contribution in [-0.4, -0.2) is 102 Å². The summed E-state index contributed by atoms with van der Waals surface area (Å²) in [6.07, 6.45) is 6.06. The van der Waals surface area contributed by atoms with Crippen LogP contribution in [0, 0.1) is 17.5 Å². The molecule has 4 fully saturated rings. The number of carbonyl (C=O) groups excluding carboxylic acids is 1. The number of ether oxygens (including phenoxy) is 3. The van der Waals surface area contributed by atoms with Crippen molar-refractivity contribution in [3.8, 4) is 23.0 Å². The number of pyridine rings is 1. The van der Waals surface area contributed by atoms with Gasteiger partial charge < -0.3 is 24.4 Å². The van der Waals surface area contributed by atoms with Crippen LogP contribution < -0.4 is 24.8 Å². The molecular formula is C38H43ClF3N7O6P+. The van der Waals surface area contributed by atoms with Gasteiger partial charge in [-0.25, -0.2) is 23.5 Å². The Hall–Kier alpha value is -3.92. The maximum Gasteiger partial charge on any atom is 0.606 e. The Kier molecular flexibility index (Phi) is 11.0. The molecule has 0 radical (unpaired) electrons. The lowest BCUT2D eigenvalue weighted by atomic mass is 9.95. The lowest BCUT2D eigenvalue weighted by molar-refractivity contribution is -0.145. The van der Waals surface area contributed by atoms with Gasteiger partial charge in [-0.05, 0) is 93.6 Å². The fourth-order valence-electron chi connectivity index (χ4n) is 8.72. The summed E-state index contributed by atoms with van der Waals surface area (Å²) in [5, 5.41) is 6.15. The summed E-state index contributed by atoms with van der Waals surface area (Å²) >= 11 is 6.95. The summed E-state index contributed by atoms with van der Waals surface area (Å²) in [4.78, 5) is 30.6. The molecule has 0 spiro atoms. The minimum absolute atomic E-state index is 0.0232. The van der Waals surface area contributed by atoms with Crippen LogP contribution in [0.25, 0.3) is 32.9 Å². The summed E-state index contributed by atoms with van der Waals surface area (Å²) in [5.41, 5.74) is -1.00. The number of fused-ring (bicyclic) bond motifs is 5. The van der Waals surface area contributed by atoms with Gasteiger partial charge in [-0.1, -0.05) is 17.7 Å². The van der Waals surface area contributed by atoms with E-state index < -0.39 is 49.2 Å². The second-order valence-corrected chi connectivity index (χ2v) is 16.5. The van der Waals surface area contributed by atoms with Gasteiger partial charge in [0.05, 0.1) is 17.5 Å². The molecule has 4 unspecified atom stereocenters. The highest BCUT2D eigenvalue weighted by Gasteiger charge is 2.45. The zero-order valence-electron chi connectivity index (χ0n) is 31.2. The maximum atomic E-state index is 17.3. The third kappa shape index (κ3) is 7.24. The van der Waals surface area contributed by atoms with E-state index in [2.05, 4.69) is 30.4 Å². The Morgan fingerprint density at radius 1 is 1.07 bits per heavy atom. The van der Waals surface area contributed by atoms with Gasteiger partial charge in [-0.15, -0.1) is 0 Å². The molecule has 2 aromatic heterocycles. The first-order chi connectivity index (χ1) is 27.0. The number of hydrogen-bond acceptors (Lipinski definition) is 13. The molecule has 4 aromatic rings. The van der Waals surface area contributed by atoms with Crippen molar-refractivity contribution in [1.29, 1.82) is 0 Å². The largest absolute Gasteiger partial charge is 0.606 e. The van der Waals surface area contributed by atoms with E-state index in [0.717, 1.165) is 57.7 Å². The molecule has 0 saturated carbocycles. The monoisotopic (exact) mass is 816 g/mol. The Bertz CT molecular complexity index is 2180. The van der Waals surface area contributed by atoms with Crippen molar-refractivity contribution in [2.45, 2.75) is 82.0 Å².